The van der Waals surface area contributed by atoms with Gasteiger partial charge < -0.3 is 24.0 Å². The van der Waals surface area contributed by atoms with Gasteiger partial charge in [-0.3, -0.25) is 4.79 Å². The van der Waals surface area contributed by atoms with Crippen LogP contribution < -0.4 is 14.4 Å². The highest BCUT2D eigenvalue weighted by Crippen LogP contribution is 2.31. The third-order valence-corrected chi connectivity index (χ3v) is 7.93. The van der Waals surface area contributed by atoms with Gasteiger partial charge in [0.2, 0.25) is 11.8 Å². The Morgan fingerprint density at radius 1 is 1.07 bits per heavy atom. The van der Waals surface area contributed by atoms with Crippen molar-refractivity contribution in [1.29, 1.82) is 0 Å². The molecule has 0 radical (unpaired) electrons. The molecular weight excluding hydrogens is 506 g/mol. The number of aryl methyl sites for hydroxylation is 1. The number of aromatic nitrogens is 3. The molecule has 40 heavy (non-hydrogen) atoms. The topological polar surface area (TPSA) is 81.4 Å². The quantitative estimate of drug-likeness (QED) is 0.328. The van der Waals surface area contributed by atoms with Crippen molar-refractivity contribution < 1.29 is 19.0 Å². The van der Waals surface area contributed by atoms with Crippen molar-refractivity contribution in [2.45, 2.75) is 32.9 Å². The van der Waals surface area contributed by atoms with Gasteiger partial charge in [0.05, 0.1) is 38.4 Å². The number of morpholine rings is 1. The first-order valence-corrected chi connectivity index (χ1v) is 13.8. The van der Waals surface area contributed by atoms with Gasteiger partial charge in [-0.25, -0.2) is 9.50 Å². The third kappa shape index (κ3) is 5.34. The number of hydrogen-bond acceptors (Lipinski definition) is 7. The van der Waals surface area contributed by atoms with E-state index in [1.165, 1.54) is 5.69 Å². The van der Waals surface area contributed by atoms with Crippen molar-refractivity contribution in [3.05, 3.63) is 72.1 Å². The lowest BCUT2D eigenvalue weighted by molar-refractivity contribution is -0.128. The minimum atomic E-state index is -0.200. The summed E-state index contributed by atoms with van der Waals surface area (Å²) in [6, 6.07) is 16.3. The van der Waals surface area contributed by atoms with E-state index in [1.807, 2.05) is 59.9 Å². The van der Waals surface area contributed by atoms with Gasteiger partial charge in [0, 0.05) is 55.3 Å². The van der Waals surface area contributed by atoms with E-state index >= 15 is 0 Å². The van der Waals surface area contributed by atoms with Gasteiger partial charge in [0.1, 0.15) is 17.4 Å². The molecule has 2 fully saturated rings. The van der Waals surface area contributed by atoms with Gasteiger partial charge in [-0.05, 0) is 43.7 Å². The van der Waals surface area contributed by atoms with Crippen LogP contribution in [-0.4, -0.2) is 71.5 Å². The smallest absolute Gasteiger partial charge is 0.241 e. The Morgan fingerprint density at radius 2 is 1.82 bits per heavy atom. The largest absolute Gasteiger partial charge is 0.497 e. The predicted octanol–water partition coefficient (Wildman–Crippen LogP) is 4.37. The highest BCUT2D eigenvalue weighted by Gasteiger charge is 2.34. The summed E-state index contributed by atoms with van der Waals surface area (Å²) >= 11 is 0. The molecule has 4 aromatic rings. The molecule has 2 aromatic carbocycles. The van der Waals surface area contributed by atoms with Crippen molar-refractivity contribution in [3.8, 4) is 22.9 Å². The number of methoxy groups -OCH3 is 1. The molecule has 2 aliphatic rings. The van der Waals surface area contributed by atoms with E-state index in [1.54, 1.807) is 7.11 Å². The van der Waals surface area contributed by atoms with Crippen LogP contribution in [0.15, 0.2) is 60.9 Å². The summed E-state index contributed by atoms with van der Waals surface area (Å²) in [5.41, 5.74) is 5.88. The summed E-state index contributed by atoms with van der Waals surface area (Å²) in [5, 5.41) is 4.55. The number of rotatable bonds is 8. The van der Waals surface area contributed by atoms with Gasteiger partial charge in [0.25, 0.3) is 0 Å². The Balaban J connectivity index is 1.19. The van der Waals surface area contributed by atoms with Crippen molar-refractivity contribution in [1.82, 2.24) is 19.5 Å². The zero-order chi connectivity index (χ0) is 27.6. The average Bonchev–Trinajstić information content (AvgIpc) is 3.56. The number of amides is 1. The molecule has 1 amide bonds. The first-order chi connectivity index (χ1) is 19.5. The molecule has 2 unspecified atom stereocenters. The minimum absolute atomic E-state index is 0.0623. The molecule has 6 rings (SSSR count). The van der Waals surface area contributed by atoms with E-state index in [2.05, 4.69) is 34.3 Å². The SMILES string of the molecule is COc1ccc(CN2CC(C(C)Oc3nc(-c4ccc(N5CCOCC5)cc4)cn4ncc(C)c34)CC2=O)cc1. The van der Waals surface area contributed by atoms with Gasteiger partial charge in [0.15, 0.2) is 0 Å². The van der Waals surface area contributed by atoms with E-state index in [9.17, 15) is 4.79 Å². The second-order valence-corrected chi connectivity index (χ2v) is 10.6. The zero-order valence-corrected chi connectivity index (χ0v) is 23.2. The van der Waals surface area contributed by atoms with Crippen LogP contribution in [0.3, 0.4) is 0 Å². The second kappa shape index (κ2) is 11.2. The van der Waals surface area contributed by atoms with Crippen molar-refractivity contribution in [3.63, 3.8) is 0 Å². The second-order valence-electron chi connectivity index (χ2n) is 10.6. The first-order valence-electron chi connectivity index (χ1n) is 13.8. The van der Waals surface area contributed by atoms with Crippen LogP contribution in [0.2, 0.25) is 0 Å². The van der Waals surface area contributed by atoms with Crippen LogP contribution in [0.25, 0.3) is 16.8 Å². The maximum atomic E-state index is 12.9. The van der Waals surface area contributed by atoms with Gasteiger partial charge in [-0.1, -0.05) is 24.3 Å². The number of nitrogens with zero attached hydrogens (tertiary/aromatic N) is 5. The Morgan fingerprint density at radius 3 is 2.55 bits per heavy atom. The molecule has 0 bridgehead atoms. The minimum Gasteiger partial charge on any atom is -0.497 e. The summed E-state index contributed by atoms with van der Waals surface area (Å²) in [4.78, 5) is 22.1. The predicted molar refractivity (Wildman–Crippen MR) is 153 cm³/mol. The maximum Gasteiger partial charge on any atom is 0.241 e. The molecule has 0 aliphatic carbocycles. The number of hydrogen-bond donors (Lipinski definition) is 0. The van der Waals surface area contributed by atoms with E-state index in [-0.39, 0.29) is 17.9 Å². The number of fused-ring (bicyclic) bond motifs is 1. The number of carbonyl (C=O) groups excluding carboxylic acids is 1. The molecule has 2 atom stereocenters. The molecule has 208 valence electrons. The summed E-state index contributed by atoms with van der Waals surface area (Å²) in [5.74, 6) is 1.55. The van der Waals surface area contributed by atoms with E-state index in [0.29, 0.717) is 25.4 Å². The van der Waals surface area contributed by atoms with Gasteiger partial charge in [-0.15, -0.1) is 0 Å². The molecule has 0 N–H and O–H groups in total. The molecule has 4 heterocycles. The highest BCUT2D eigenvalue weighted by atomic mass is 16.5. The van der Waals surface area contributed by atoms with Gasteiger partial charge in [-0.2, -0.15) is 5.10 Å². The standard InChI is InChI=1S/C31H35N5O4/c1-21-17-32-36-20-28(24-6-8-26(9-7-24)34-12-14-39-15-13-34)33-31(30(21)36)40-22(2)25-16-29(37)35(19-25)18-23-4-10-27(38-3)11-5-23/h4-11,17,20,22,25H,12-16,18-19H2,1-3H3. The van der Waals surface area contributed by atoms with Crippen molar-refractivity contribution in [2.75, 3.05) is 44.9 Å². The monoisotopic (exact) mass is 541 g/mol. The number of likely N-dealkylation sites (tertiary alicyclic amines) is 1. The fraction of sp³-hybridized carbons (Fsp3) is 0.387. The number of benzene rings is 2. The molecule has 0 saturated carbocycles. The lowest BCUT2D eigenvalue weighted by Gasteiger charge is -2.28. The lowest BCUT2D eigenvalue weighted by atomic mass is 10.0. The number of anilines is 1. The molecule has 0 spiro atoms. The van der Waals surface area contributed by atoms with Crippen molar-refractivity contribution in [2.24, 2.45) is 5.92 Å². The lowest BCUT2D eigenvalue weighted by Crippen LogP contribution is -2.36. The van der Waals surface area contributed by atoms with E-state index in [4.69, 9.17) is 19.2 Å². The molecule has 2 aliphatic heterocycles. The third-order valence-electron chi connectivity index (χ3n) is 7.93. The van der Waals surface area contributed by atoms with E-state index < -0.39 is 0 Å². The van der Waals surface area contributed by atoms with Crippen LogP contribution in [0.4, 0.5) is 5.69 Å². The maximum absolute atomic E-state index is 12.9. The Labute approximate surface area is 234 Å². The van der Waals surface area contributed by atoms with Crippen LogP contribution in [-0.2, 0) is 16.1 Å². The highest BCUT2D eigenvalue weighted by molar-refractivity contribution is 5.78. The zero-order valence-electron chi connectivity index (χ0n) is 23.2. The molecular formula is C31H35N5O4. The molecule has 9 nitrogen and oxygen atoms in total. The summed E-state index contributed by atoms with van der Waals surface area (Å²) in [6.07, 6.45) is 4.03. The Bertz CT molecular complexity index is 1480. The van der Waals surface area contributed by atoms with Gasteiger partial charge >= 0.3 is 0 Å². The number of ether oxygens (including phenoxy) is 3. The summed E-state index contributed by atoms with van der Waals surface area (Å²) in [7, 11) is 1.65. The van der Waals surface area contributed by atoms with Crippen LogP contribution >= 0.6 is 0 Å². The molecule has 2 aromatic heterocycles. The van der Waals surface area contributed by atoms with Crippen LogP contribution in [0.1, 0.15) is 24.5 Å². The Hall–Kier alpha value is -4.11. The summed E-state index contributed by atoms with van der Waals surface area (Å²) < 4.78 is 19.1. The Kier molecular flexibility index (Phi) is 7.30. The van der Waals surface area contributed by atoms with Crippen molar-refractivity contribution >= 4 is 17.1 Å². The molecule has 2 saturated heterocycles. The fourth-order valence-electron chi connectivity index (χ4n) is 5.50. The average molecular weight is 542 g/mol. The fourth-order valence-corrected chi connectivity index (χ4v) is 5.50. The molecule has 9 heteroatoms. The summed E-state index contributed by atoms with van der Waals surface area (Å²) in [6.45, 7) is 8.55. The van der Waals surface area contributed by atoms with Crippen LogP contribution in [0, 0.1) is 12.8 Å². The first kappa shape index (κ1) is 26.1. The van der Waals surface area contributed by atoms with E-state index in [0.717, 1.165) is 60.0 Å². The van der Waals surface area contributed by atoms with Crippen LogP contribution in [0.5, 0.6) is 11.6 Å². The number of carbonyl (C=O) groups is 1. The normalized spacial score (nSPS) is 18.4.